The first-order valence-electron chi connectivity index (χ1n) is 16.3. The maximum atomic E-state index is 10.6. The van der Waals surface area contributed by atoms with Crippen molar-refractivity contribution >= 4 is 13.9 Å². The van der Waals surface area contributed by atoms with Crippen LogP contribution in [0.25, 0.3) is 0 Å². The molecule has 7 heteroatoms. The Labute approximate surface area is 235 Å². The van der Waals surface area contributed by atoms with Crippen molar-refractivity contribution < 1.29 is 23.7 Å². The van der Waals surface area contributed by atoms with Crippen LogP contribution in [-0.2, 0) is 13.9 Å². The van der Waals surface area contributed by atoms with Gasteiger partial charge in [0, 0.05) is 0 Å². The molecule has 0 heterocycles. The number of hydrogen-bond donors (Lipinski definition) is 2. The van der Waals surface area contributed by atoms with Crippen molar-refractivity contribution in [2.24, 2.45) is 4.99 Å². The van der Waals surface area contributed by atoms with Gasteiger partial charge >= 0.3 is 7.82 Å². The number of isocyanates is 1. The molecule has 0 fully saturated rings. The molecule has 0 spiro atoms. The maximum Gasteiger partial charge on any atom is 0.469 e. The fourth-order valence-corrected chi connectivity index (χ4v) is 5.49. The SMILES string of the molecule is O=C=NCCCCCCCCCCCCCCCCCCCCCCCCCCCCCCOP(=O)(O)O. The Balaban J connectivity index is 3.05. The molecule has 0 atom stereocenters. The molecule has 6 nitrogen and oxygen atoms in total. The summed E-state index contributed by atoms with van der Waals surface area (Å²) in [5.74, 6) is 0. The van der Waals surface area contributed by atoms with Crippen molar-refractivity contribution in [1.29, 1.82) is 0 Å². The molecule has 226 valence electrons. The van der Waals surface area contributed by atoms with Crippen LogP contribution < -0.4 is 0 Å². The fraction of sp³-hybridized carbons (Fsp3) is 0.968. The van der Waals surface area contributed by atoms with E-state index in [1.165, 1.54) is 154 Å². The normalized spacial score (nSPS) is 11.6. The molecule has 0 aromatic rings. The van der Waals surface area contributed by atoms with Crippen molar-refractivity contribution in [3.8, 4) is 0 Å². The zero-order valence-corrected chi connectivity index (χ0v) is 25.6. The van der Waals surface area contributed by atoms with E-state index in [1.54, 1.807) is 6.08 Å². The summed E-state index contributed by atoms with van der Waals surface area (Å²) in [6.07, 6.45) is 38.4. The van der Waals surface area contributed by atoms with E-state index >= 15 is 0 Å². The third kappa shape index (κ3) is 35.5. The van der Waals surface area contributed by atoms with E-state index < -0.39 is 7.82 Å². The van der Waals surface area contributed by atoms with Gasteiger partial charge in [-0.1, -0.05) is 167 Å². The first-order chi connectivity index (χ1) is 18.6. The van der Waals surface area contributed by atoms with Gasteiger partial charge in [-0.25, -0.2) is 14.4 Å². The third-order valence-electron chi connectivity index (χ3n) is 7.49. The van der Waals surface area contributed by atoms with Crippen LogP contribution in [0.5, 0.6) is 0 Å². The number of phosphoric ester groups is 1. The van der Waals surface area contributed by atoms with Gasteiger partial charge < -0.3 is 9.79 Å². The maximum absolute atomic E-state index is 10.6. The van der Waals surface area contributed by atoms with Gasteiger partial charge in [-0.2, -0.15) is 0 Å². The van der Waals surface area contributed by atoms with Crippen molar-refractivity contribution in [3.05, 3.63) is 0 Å². The Morgan fingerprint density at radius 1 is 0.447 bits per heavy atom. The van der Waals surface area contributed by atoms with Crippen molar-refractivity contribution in [2.45, 2.75) is 180 Å². The lowest BCUT2D eigenvalue weighted by Crippen LogP contribution is -1.92. The third-order valence-corrected chi connectivity index (χ3v) is 8.01. The highest BCUT2D eigenvalue weighted by atomic mass is 31.2. The molecule has 0 aliphatic rings. The minimum Gasteiger partial charge on any atom is -0.303 e. The second kappa shape index (κ2) is 31.0. The van der Waals surface area contributed by atoms with Gasteiger partial charge in [-0.3, -0.25) is 4.52 Å². The second-order valence-electron chi connectivity index (χ2n) is 11.2. The molecule has 0 aromatic carbocycles. The van der Waals surface area contributed by atoms with Crippen molar-refractivity contribution in [2.75, 3.05) is 13.2 Å². The fourth-order valence-electron chi connectivity index (χ4n) is 5.12. The summed E-state index contributed by atoms with van der Waals surface area (Å²) < 4.78 is 15.0. The lowest BCUT2D eigenvalue weighted by molar-refractivity contribution is 0.193. The molecular formula is C31H62NO5P. The number of rotatable bonds is 32. The van der Waals surface area contributed by atoms with Gasteiger partial charge in [0.05, 0.1) is 13.2 Å². The summed E-state index contributed by atoms with van der Waals surface area (Å²) in [6.45, 7) is 0.819. The minimum atomic E-state index is -4.28. The highest BCUT2D eigenvalue weighted by Crippen LogP contribution is 2.35. The number of carbonyl (C=O) groups excluding carboxylic acids is 1. The summed E-state index contributed by atoms with van der Waals surface area (Å²) in [7, 11) is -4.28. The molecule has 2 N–H and O–H groups in total. The molecule has 0 aliphatic heterocycles. The van der Waals surface area contributed by atoms with E-state index in [1.807, 2.05) is 0 Å². The van der Waals surface area contributed by atoms with Crippen LogP contribution in [0.4, 0.5) is 0 Å². The van der Waals surface area contributed by atoms with Crippen molar-refractivity contribution in [3.63, 3.8) is 0 Å². The predicted molar refractivity (Wildman–Crippen MR) is 160 cm³/mol. The van der Waals surface area contributed by atoms with E-state index in [-0.39, 0.29) is 6.61 Å². The topological polar surface area (TPSA) is 96.2 Å². The molecule has 0 rings (SSSR count). The zero-order valence-electron chi connectivity index (χ0n) is 24.7. The molecule has 0 unspecified atom stereocenters. The predicted octanol–water partition coefficient (Wildman–Crippen LogP) is 10.4. The standard InChI is InChI=1S/C31H62NO5P/c33-31-32-29-27-25-23-21-19-17-15-13-11-9-7-5-3-1-2-4-6-8-10-12-14-16-18-20-22-24-26-28-30-37-38(34,35)36/h1-30H2,(H2,34,35,36). The number of hydrogen-bond acceptors (Lipinski definition) is 4. The van der Waals surface area contributed by atoms with Crippen LogP contribution >= 0.6 is 7.82 Å². The van der Waals surface area contributed by atoms with Crippen LogP contribution in [0.15, 0.2) is 4.99 Å². The smallest absolute Gasteiger partial charge is 0.303 e. The van der Waals surface area contributed by atoms with Gasteiger partial charge in [0.25, 0.3) is 0 Å². The lowest BCUT2D eigenvalue weighted by atomic mass is 10.0. The Morgan fingerprint density at radius 3 is 0.921 bits per heavy atom. The molecule has 0 aromatic heterocycles. The molecule has 0 bridgehead atoms. The Morgan fingerprint density at radius 2 is 0.684 bits per heavy atom. The van der Waals surface area contributed by atoms with Gasteiger partial charge in [0.1, 0.15) is 0 Å². The summed E-state index contributed by atoms with van der Waals surface area (Å²) in [4.78, 5) is 30.8. The van der Waals surface area contributed by atoms with Gasteiger partial charge in [-0.15, -0.1) is 0 Å². The van der Waals surface area contributed by atoms with E-state index in [9.17, 15) is 9.36 Å². The molecule has 0 saturated heterocycles. The molecule has 38 heavy (non-hydrogen) atoms. The van der Waals surface area contributed by atoms with Gasteiger partial charge in [0.2, 0.25) is 6.08 Å². The van der Waals surface area contributed by atoms with Crippen LogP contribution in [0, 0.1) is 0 Å². The lowest BCUT2D eigenvalue weighted by Gasteiger charge is -2.05. The Bertz CT molecular complexity index is 562. The van der Waals surface area contributed by atoms with Crippen LogP contribution in [0.1, 0.15) is 180 Å². The number of phosphoric acid groups is 1. The zero-order chi connectivity index (χ0) is 27.8. The quantitative estimate of drug-likeness (QED) is 0.0370. The Hall–Kier alpha value is -0.510. The van der Waals surface area contributed by atoms with Crippen LogP contribution in [-0.4, -0.2) is 29.0 Å². The molecule has 0 radical (unpaired) electrons. The average molecular weight is 560 g/mol. The molecule has 0 saturated carbocycles. The summed E-state index contributed by atoms with van der Waals surface area (Å²) in [5, 5.41) is 0. The van der Waals surface area contributed by atoms with E-state index in [0.717, 1.165) is 25.7 Å². The summed E-state index contributed by atoms with van der Waals surface area (Å²) in [5.41, 5.74) is 0. The van der Waals surface area contributed by atoms with Crippen LogP contribution in [0.3, 0.4) is 0 Å². The first kappa shape index (κ1) is 37.5. The number of unbranched alkanes of at least 4 members (excludes halogenated alkanes) is 27. The summed E-state index contributed by atoms with van der Waals surface area (Å²) >= 11 is 0. The monoisotopic (exact) mass is 559 g/mol. The highest BCUT2D eigenvalue weighted by molar-refractivity contribution is 7.46. The molecule has 0 aliphatic carbocycles. The number of aliphatic imine (C=N–C) groups is 1. The second-order valence-corrected chi connectivity index (χ2v) is 12.4. The first-order valence-corrected chi connectivity index (χ1v) is 17.8. The number of nitrogens with zero attached hydrogens (tertiary/aromatic N) is 1. The largest absolute Gasteiger partial charge is 0.469 e. The summed E-state index contributed by atoms with van der Waals surface area (Å²) in [6, 6.07) is 0. The van der Waals surface area contributed by atoms with Crippen molar-refractivity contribution in [1.82, 2.24) is 0 Å². The highest BCUT2D eigenvalue weighted by Gasteiger charge is 2.12. The molecular weight excluding hydrogens is 497 g/mol. The Kier molecular flexibility index (Phi) is 30.6. The minimum absolute atomic E-state index is 0.163. The van der Waals surface area contributed by atoms with Gasteiger partial charge in [0.15, 0.2) is 0 Å². The van der Waals surface area contributed by atoms with E-state index in [2.05, 4.69) is 9.52 Å². The average Bonchev–Trinajstić information content (AvgIpc) is 2.88. The molecule has 0 amide bonds. The van der Waals surface area contributed by atoms with E-state index in [0.29, 0.717) is 6.54 Å². The van der Waals surface area contributed by atoms with Gasteiger partial charge in [-0.05, 0) is 12.8 Å². The van der Waals surface area contributed by atoms with Crippen LogP contribution in [0.2, 0.25) is 0 Å². The van der Waals surface area contributed by atoms with E-state index in [4.69, 9.17) is 9.79 Å².